The van der Waals surface area contributed by atoms with Crippen LogP contribution >= 0.6 is 43.2 Å². The minimum absolute atomic E-state index is 0.653. The molecule has 0 saturated carbocycles. The molecule has 0 spiro atoms. The van der Waals surface area contributed by atoms with Gasteiger partial charge in [0.15, 0.2) is 0 Å². The normalized spacial score (nSPS) is 10.7. The molecule has 2 aromatic rings. The first-order chi connectivity index (χ1) is 9.20. The topological polar surface area (TPSA) is 34.1 Å². The Balaban J connectivity index is 1.97. The number of ether oxygens (including phenoxy) is 1. The molecule has 0 bridgehead atoms. The van der Waals surface area contributed by atoms with Gasteiger partial charge in [-0.05, 0) is 56.5 Å². The van der Waals surface area contributed by atoms with E-state index in [-0.39, 0.29) is 0 Å². The highest BCUT2D eigenvalue weighted by molar-refractivity contribution is 9.11. The molecule has 102 valence electrons. The minimum Gasteiger partial charge on any atom is -0.492 e. The molecule has 19 heavy (non-hydrogen) atoms. The van der Waals surface area contributed by atoms with Gasteiger partial charge in [0.25, 0.3) is 0 Å². The third kappa shape index (κ3) is 4.27. The molecule has 0 saturated heterocycles. The lowest BCUT2D eigenvalue weighted by atomic mass is 10.2. The monoisotopic (exact) mass is 404 g/mol. The molecule has 1 N–H and O–H groups in total. The highest BCUT2D eigenvalue weighted by atomic mass is 79.9. The van der Waals surface area contributed by atoms with Crippen LogP contribution in [0.5, 0.6) is 5.75 Å². The summed E-state index contributed by atoms with van der Waals surface area (Å²) in [5, 5.41) is 3.40. The molecule has 1 heterocycles. The molecule has 6 heteroatoms. The third-order valence-electron chi connectivity index (χ3n) is 2.46. The van der Waals surface area contributed by atoms with Crippen LogP contribution in [0.15, 0.2) is 32.8 Å². The maximum Gasteiger partial charge on any atom is 0.147 e. The number of hydrogen-bond donors (Lipinski definition) is 1. The van der Waals surface area contributed by atoms with Crippen LogP contribution in [0, 0.1) is 0 Å². The maximum absolute atomic E-state index is 5.57. The first-order valence-corrected chi connectivity index (χ1v) is 8.36. The number of nitrogens with one attached hydrogen (secondary N) is 1. The zero-order chi connectivity index (χ0) is 13.7. The van der Waals surface area contributed by atoms with E-state index in [0.29, 0.717) is 6.61 Å². The summed E-state index contributed by atoms with van der Waals surface area (Å²) >= 11 is 8.74. The van der Waals surface area contributed by atoms with Crippen molar-refractivity contribution in [3.8, 4) is 5.75 Å². The van der Waals surface area contributed by atoms with Gasteiger partial charge in [-0.2, -0.15) is 0 Å². The summed E-state index contributed by atoms with van der Waals surface area (Å²) in [4.78, 5) is 5.29. The van der Waals surface area contributed by atoms with Crippen LogP contribution in [0.3, 0.4) is 0 Å². The molecule has 0 atom stereocenters. The van der Waals surface area contributed by atoms with E-state index in [4.69, 9.17) is 4.74 Å². The van der Waals surface area contributed by atoms with Crippen molar-refractivity contribution in [3.05, 3.63) is 43.2 Å². The number of aromatic nitrogens is 1. The van der Waals surface area contributed by atoms with Gasteiger partial charge in [0.05, 0.1) is 21.1 Å². The molecule has 0 unspecified atom stereocenters. The summed E-state index contributed by atoms with van der Waals surface area (Å²) in [7, 11) is 0. The third-order valence-corrected chi connectivity index (χ3v) is 4.42. The van der Waals surface area contributed by atoms with Crippen LogP contribution in [-0.2, 0) is 13.1 Å². The molecule has 0 radical (unpaired) electrons. The molecule has 0 amide bonds. The van der Waals surface area contributed by atoms with E-state index in [1.54, 1.807) is 11.3 Å². The van der Waals surface area contributed by atoms with Crippen LogP contribution in [-0.4, -0.2) is 11.6 Å². The second kappa shape index (κ2) is 7.38. The van der Waals surface area contributed by atoms with Crippen molar-refractivity contribution in [1.29, 1.82) is 0 Å². The Hall–Kier alpha value is -0.430. The van der Waals surface area contributed by atoms with E-state index in [2.05, 4.69) is 54.3 Å². The number of hydrogen-bond acceptors (Lipinski definition) is 4. The first kappa shape index (κ1) is 15.0. The van der Waals surface area contributed by atoms with E-state index in [1.807, 2.05) is 18.6 Å². The Morgan fingerprint density at radius 2 is 2.00 bits per heavy atom. The Morgan fingerprint density at radius 3 is 2.58 bits per heavy atom. The zero-order valence-corrected chi connectivity index (χ0v) is 14.4. The van der Waals surface area contributed by atoms with Crippen molar-refractivity contribution < 1.29 is 4.74 Å². The molecule has 0 fully saturated rings. The summed E-state index contributed by atoms with van der Waals surface area (Å²) < 4.78 is 7.51. The van der Waals surface area contributed by atoms with E-state index in [9.17, 15) is 0 Å². The van der Waals surface area contributed by atoms with Gasteiger partial charge in [0, 0.05) is 24.2 Å². The molecule has 0 aliphatic rings. The second-order valence-corrected chi connectivity index (χ2v) is 6.57. The maximum atomic E-state index is 5.57. The standard InChI is InChI=1S/C13H14Br2N2OS/c1-2-18-13-11(14)3-9(4-12(13)15)5-16-6-10-7-17-8-19-10/h3-4,7-8,16H,2,5-6H2,1H3. The molecule has 0 aliphatic carbocycles. The summed E-state index contributed by atoms with van der Waals surface area (Å²) in [5.74, 6) is 0.855. The molecule has 3 nitrogen and oxygen atoms in total. The summed E-state index contributed by atoms with van der Waals surface area (Å²) in [6.07, 6.45) is 1.89. The van der Waals surface area contributed by atoms with Gasteiger partial charge >= 0.3 is 0 Å². The highest BCUT2D eigenvalue weighted by Crippen LogP contribution is 2.34. The van der Waals surface area contributed by atoms with E-state index < -0.39 is 0 Å². The minimum atomic E-state index is 0.653. The van der Waals surface area contributed by atoms with E-state index in [0.717, 1.165) is 27.8 Å². The summed E-state index contributed by atoms with van der Waals surface area (Å²) in [5.41, 5.74) is 3.05. The SMILES string of the molecule is CCOc1c(Br)cc(CNCc2cncs2)cc1Br. The largest absolute Gasteiger partial charge is 0.492 e. The number of nitrogens with zero attached hydrogens (tertiary/aromatic N) is 1. The van der Waals surface area contributed by atoms with Gasteiger partial charge < -0.3 is 10.1 Å². The lowest BCUT2D eigenvalue weighted by Crippen LogP contribution is -2.12. The van der Waals surface area contributed by atoms with Crippen molar-refractivity contribution in [2.45, 2.75) is 20.0 Å². The molecule has 1 aromatic carbocycles. The predicted octanol–water partition coefficient (Wildman–Crippen LogP) is 4.36. The highest BCUT2D eigenvalue weighted by Gasteiger charge is 2.08. The second-order valence-electron chi connectivity index (χ2n) is 3.89. The average molecular weight is 406 g/mol. The van der Waals surface area contributed by atoms with Crippen molar-refractivity contribution in [1.82, 2.24) is 10.3 Å². The van der Waals surface area contributed by atoms with Crippen LogP contribution in [0.2, 0.25) is 0 Å². The lowest BCUT2D eigenvalue weighted by Gasteiger charge is -2.11. The number of rotatable bonds is 6. The molecular weight excluding hydrogens is 392 g/mol. The lowest BCUT2D eigenvalue weighted by molar-refractivity contribution is 0.336. The van der Waals surface area contributed by atoms with Crippen molar-refractivity contribution in [2.24, 2.45) is 0 Å². The smallest absolute Gasteiger partial charge is 0.147 e. The van der Waals surface area contributed by atoms with Gasteiger partial charge in [-0.15, -0.1) is 11.3 Å². The fraction of sp³-hybridized carbons (Fsp3) is 0.308. The van der Waals surface area contributed by atoms with Crippen LogP contribution in [0.25, 0.3) is 0 Å². The van der Waals surface area contributed by atoms with Crippen LogP contribution in [0.4, 0.5) is 0 Å². The first-order valence-electron chi connectivity index (χ1n) is 5.89. The van der Waals surface area contributed by atoms with E-state index >= 15 is 0 Å². The van der Waals surface area contributed by atoms with Gasteiger partial charge in [-0.25, -0.2) is 0 Å². The molecule has 2 rings (SSSR count). The number of thiazole rings is 1. The zero-order valence-electron chi connectivity index (χ0n) is 10.5. The van der Waals surface area contributed by atoms with Gasteiger partial charge in [0.1, 0.15) is 5.75 Å². The fourth-order valence-corrected chi connectivity index (χ4v) is 3.73. The van der Waals surface area contributed by atoms with Crippen molar-refractivity contribution >= 4 is 43.2 Å². The molecular formula is C13H14Br2N2OS. The van der Waals surface area contributed by atoms with Gasteiger partial charge in [0.2, 0.25) is 0 Å². The van der Waals surface area contributed by atoms with Crippen molar-refractivity contribution in [3.63, 3.8) is 0 Å². The molecule has 0 aliphatic heterocycles. The Labute approximate surface area is 133 Å². The van der Waals surface area contributed by atoms with E-state index in [1.165, 1.54) is 10.4 Å². The van der Waals surface area contributed by atoms with Crippen LogP contribution < -0.4 is 10.1 Å². The fourth-order valence-electron chi connectivity index (χ4n) is 1.66. The average Bonchev–Trinajstić information content (AvgIpc) is 2.87. The summed E-state index contributed by atoms with van der Waals surface area (Å²) in [6, 6.07) is 4.16. The van der Waals surface area contributed by atoms with Crippen LogP contribution in [0.1, 0.15) is 17.4 Å². The Morgan fingerprint density at radius 1 is 1.26 bits per heavy atom. The van der Waals surface area contributed by atoms with Gasteiger partial charge in [-0.3, -0.25) is 4.98 Å². The Kier molecular flexibility index (Phi) is 5.81. The predicted molar refractivity (Wildman–Crippen MR) is 85.7 cm³/mol. The summed E-state index contributed by atoms with van der Waals surface area (Å²) in [6.45, 7) is 4.28. The van der Waals surface area contributed by atoms with Crippen molar-refractivity contribution in [2.75, 3.05) is 6.61 Å². The van der Waals surface area contributed by atoms with Gasteiger partial charge in [-0.1, -0.05) is 0 Å². The number of benzene rings is 1. The Bertz CT molecular complexity index is 508. The molecule has 1 aromatic heterocycles. The quantitative estimate of drug-likeness (QED) is 0.775. The number of halogens is 2.